The zero-order valence-electron chi connectivity index (χ0n) is 28.8. The maximum absolute atomic E-state index is 12.5. The van der Waals surface area contributed by atoms with Crippen LogP contribution in [0.3, 0.4) is 0 Å². The van der Waals surface area contributed by atoms with E-state index in [1.807, 2.05) is 48.5 Å². The number of carbonyl (C=O) groups excluding carboxylic acids is 3. The molecule has 0 saturated carbocycles. The lowest BCUT2D eigenvalue weighted by Gasteiger charge is -2.10. The zero-order valence-corrected chi connectivity index (χ0v) is 32.0. The van der Waals surface area contributed by atoms with Crippen LogP contribution < -0.4 is 31.2 Å². The third kappa shape index (κ3) is 9.83. The van der Waals surface area contributed by atoms with Crippen LogP contribution in [0.2, 0.25) is 0 Å². The van der Waals surface area contributed by atoms with E-state index in [0.717, 1.165) is 14.5 Å². The average Bonchev–Trinajstić information content (AvgIpc) is 3.43. The number of hydrogen-bond donors (Lipinski definition) is 5. The SMILES string of the molecule is NCc1ccc(Br)cc1.O=C(NCc1ccc(Br)cc1)c1ccc2c(c1)NC(=O)c1ccccc1O2.O=C(O)c1ccc2c(c1)NC(=O)c1ccccc1O2. The predicted molar refractivity (Wildman–Crippen MR) is 216 cm³/mol. The summed E-state index contributed by atoms with van der Waals surface area (Å²) in [5.74, 6) is -0.0201. The summed E-state index contributed by atoms with van der Waals surface area (Å²) in [7, 11) is 0. The van der Waals surface area contributed by atoms with E-state index < -0.39 is 5.97 Å². The van der Waals surface area contributed by atoms with E-state index in [0.29, 0.717) is 64.2 Å². The van der Waals surface area contributed by atoms with Crippen LogP contribution in [0.1, 0.15) is 52.6 Å². The smallest absolute Gasteiger partial charge is 0.335 e. The first-order valence-electron chi connectivity index (χ1n) is 16.7. The lowest BCUT2D eigenvalue weighted by atomic mass is 10.1. The second kappa shape index (κ2) is 17.7. The number of fused-ring (bicyclic) bond motifs is 4. The van der Waals surface area contributed by atoms with E-state index in [-0.39, 0.29) is 23.3 Å². The number of carboxylic acids is 1. The van der Waals surface area contributed by atoms with Crippen molar-refractivity contribution in [1.82, 2.24) is 5.32 Å². The molecule has 0 fully saturated rings. The number of rotatable bonds is 5. The van der Waals surface area contributed by atoms with E-state index in [2.05, 4.69) is 47.8 Å². The number of anilines is 2. The molecule has 6 aromatic carbocycles. The fourth-order valence-corrected chi connectivity index (χ4v) is 5.85. The third-order valence-electron chi connectivity index (χ3n) is 8.18. The highest BCUT2D eigenvalue weighted by Gasteiger charge is 2.23. The second-order valence-electron chi connectivity index (χ2n) is 12.0. The van der Waals surface area contributed by atoms with Crippen molar-refractivity contribution in [2.75, 3.05) is 10.6 Å². The molecule has 2 aliphatic heterocycles. The highest BCUT2D eigenvalue weighted by molar-refractivity contribution is 9.10. The van der Waals surface area contributed by atoms with Crippen LogP contribution in [0.25, 0.3) is 0 Å². The highest BCUT2D eigenvalue weighted by Crippen LogP contribution is 2.37. The molecule has 13 heteroatoms. The number of carbonyl (C=O) groups is 4. The number of hydrogen-bond acceptors (Lipinski definition) is 7. The van der Waals surface area contributed by atoms with Crippen molar-refractivity contribution < 1.29 is 33.8 Å². The molecule has 6 aromatic rings. The van der Waals surface area contributed by atoms with Gasteiger partial charge in [-0.2, -0.15) is 0 Å². The standard InChI is InChI=1S/C21H15BrN2O3.C14H9NO4.C7H8BrN/c22-15-8-5-13(6-9-15)12-23-20(25)14-7-10-19-17(11-14)24-21(26)16-3-1-2-4-18(16)27-19;16-13-9-3-1-2-4-11(9)19-12-6-5-8(14(17)18)7-10(12)15-13;8-7-3-1-6(5-9)2-4-7/h1-11H,12H2,(H,23,25)(H,24,26);1-7H,(H,15,16)(H,17,18);1-4H,5,9H2. The van der Waals surface area contributed by atoms with Crippen molar-refractivity contribution >= 4 is 66.9 Å². The molecule has 0 aromatic heterocycles. The zero-order chi connectivity index (χ0) is 38.9. The summed E-state index contributed by atoms with van der Waals surface area (Å²) >= 11 is 6.72. The molecule has 6 N–H and O–H groups in total. The number of amides is 3. The van der Waals surface area contributed by atoms with Crippen LogP contribution in [0, 0.1) is 0 Å². The molecule has 0 aliphatic carbocycles. The van der Waals surface area contributed by atoms with Crippen LogP contribution >= 0.6 is 31.9 Å². The Labute approximate surface area is 332 Å². The summed E-state index contributed by atoms with van der Waals surface area (Å²) in [6.07, 6.45) is 0. The fourth-order valence-electron chi connectivity index (χ4n) is 5.32. The van der Waals surface area contributed by atoms with Gasteiger partial charge in [0.05, 0.1) is 28.1 Å². The Hall–Kier alpha value is -6.28. The minimum Gasteiger partial charge on any atom is -0.478 e. The molecule has 11 nitrogen and oxygen atoms in total. The maximum atomic E-state index is 12.5. The van der Waals surface area contributed by atoms with Crippen LogP contribution in [0.15, 0.2) is 142 Å². The van der Waals surface area contributed by atoms with Crippen molar-refractivity contribution in [1.29, 1.82) is 0 Å². The summed E-state index contributed by atoms with van der Waals surface area (Å²) in [4.78, 5) is 47.8. The highest BCUT2D eigenvalue weighted by atomic mass is 79.9. The molecule has 2 heterocycles. The van der Waals surface area contributed by atoms with E-state index in [9.17, 15) is 19.2 Å². The van der Waals surface area contributed by atoms with Gasteiger partial charge in [-0.25, -0.2) is 4.79 Å². The molecule has 0 bridgehead atoms. The van der Waals surface area contributed by atoms with Crippen molar-refractivity contribution in [2.24, 2.45) is 5.73 Å². The van der Waals surface area contributed by atoms with Gasteiger partial charge in [0.15, 0.2) is 11.5 Å². The molecule has 0 saturated heterocycles. The quantitative estimate of drug-likeness (QED) is 0.114. The number of nitrogens with one attached hydrogen (secondary N) is 3. The summed E-state index contributed by atoms with van der Waals surface area (Å²) in [6.45, 7) is 1.03. The Balaban J connectivity index is 0.000000159. The van der Waals surface area contributed by atoms with Crippen molar-refractivity contribution in [3.63, 3.8) is 0 Å². The Morgan fingerprint density at radius 3 is 1.55 bits per heavy atom. The minimum absolute atomic E-state index is 0.0913. The van der Waals surface area contributed by atoms with E-state index in [1.165, 1.54) is 23.8 Å². The minimum atomic E-state index is -1.06. The summed E-state index contributed by atoms with van der Waals surface area (Å²) < 4.78 is 13.5. The Kier molecular flexibility index (Phi) is 12.4. The lowest BCUT2D eigenvalue weighted by Crippen LogP contribution is -2.23. The fraction of sp³-hybridized carbons (Fsp3) is 0.0476. The van der Waals surface area contributed by atoms with Gasteiger partial charge in [-0.3, -0.25) is 14.4 Å². The topological polar surface area (TPSA) is 169 Å². The number of halogens is 2. The van der Waals surface area contributed by atoms with Crippen LogP contribution in [-0.4, -0.2) is 28.8 Å². The number of ether oxygens (including phenoxy) is 2. The first-order chi connectivity index (χ1) is 26.6. The maximum Gasteiger partial charge on any atom is 0.335 e. The van der Waals surface area contributed by atoms with Gasteiger partial charge in [0.25, 0.3) is 17.7 Å². The first-order valence-corrected chi connectivity index (χ1v) is 18.3. The predicted octanol–water partition coefficient (Wildman–Crippen LogP) is 9.39. The van der Waals surface area contributed by atoms with Gasteiger partial charge >= 0.3 is 5.97 Å². The van der Waals surface area contributed by atoms with Gasteiger partial charge in [0.1, 0.15) is 11.5 Å². The van der Waals surface area contributed by atoms with Gasteiger partial charge in [-0.15, -0.1) is 0 Å². The van der Waals surface area contributed by atoms with Crippen molar-refractivity contribution in [2.45, 2.75) is 13.1 Å². The average molecular weight is 865 g/mol. The molecule has 0 unspecified atom stereocenters. The van der Waals surface area contributed by atoms with Crippen molar-refractivity contribution in [3.05, 3.63) is 176 Å². The lowest BCUT2D eigenvalue weighted by molar-refractivity contribution is 0.0696. The van der Waals surface area contributed by atoms with E-state index in [1.54, 1.807) is 66.7 Å². The largest absolute Gasteiger partial charge is 0.478 e. The van der Waals surface area contributed by atoms with Crippen LogP contribution in [-0.2, 0) is 13.1 Å². The molecule has 8 rings (SSSR count). The van der Waals surface area contributed by atoms with Crippen molar-refractivity contribution in [3.8, 4) is 23.0 Å². The summed E-state index contributed by atoms with van der Waals surface area (Å²) in [6, 6.07) is 38.9. The Morgan fingerprint density at radius 1 is 0.600 bits per heavy atom. The molecule has 55 heavy (non-hydrogen) atoms. The van der Waals surface area contributed by atoms with Gasteiger partial charge in [-0.1, -0.05) is 80.4 Å². The normalized spacial score (nSPS) is 11.8. The molecule has 0 radical (unpaired) electrons. The first kappa shape index (κ1) is 38.4. The molecular weight excluding hydrogens is 832 g/mol. The summed E-state index contributed by atoms with van der Waals surface area (Å²) in [5, 5.41) is 17.3. The van der Waals surface area contributed by atoms with Gasteiger partial charge in [-0.05, 0) is 96.1 Å². The molecule has 0 spiro atoms. The van der Waals surface area contributed by atoms with E-state index in [4.69, 9.17) is 20.3 Å². The molecule has 2 aliphatic rings. The number of benzene rings is 6. The number of aromatic carboxylic acids is 1. The monoisotopic (exact) mass is 862 g/mol. The Bertz CT molecular complexity index is 2390. The van der Waals surface area contributed by atoms with Crippen LogP contribution in [0.5, 0.6) is 23.0 Å². The summed E-state index contributed by atoms with van der Waals surface area (Å²) in [5.41, 5.74) is 9.76. The third-order valence-corrected chi connectivity index (χ3v) is 9.24. The Morgan fingerprint density at radius 2 is 1.05 bits per heavy atom. The molecule has 0 atom stereocenters. The van der Waals surface area contributed by atoms with E-state index >= 15 is 0 Å². The molecule has 276 valence electrons. The number of nitrogens with two attached hydrogens (primary N) is 1. The molecule has 3 amide bonds. The second-order valence-corrected chi connectivity index (χ2v) is 13.8. The van der Waals surface area contributed by atoms with Gasteiger partial charge in [0.2, 0.25) is 0 Å². The van der Waals surface area contributed by atoms with Crippen LogP contribution in [0.4, 0.5) is 11.4 Å². The van der Waals surface area contributed by atoms with Gasteiger partial charge < -0.3 is 36.3 Å². The number of carboxylic acid groups (broad SMARTS) is 1. The number of para-hydroxylation sites is 2. The van der Waals surface area contributed by atoms with Gasteiger partial charge in [0, 0.05) is 27.6 Å². The molecular formula is C42H32Br2N4O7.